The van der Waals surface area contributed by atoms with Gasteiger partial charge in [-0.1, -0.05) is 60.1 Å². The summed E-state index contributed by atoms with van der Waals surface area (Å²) in [6.45, 7) is 12.2. The fourth-order valence-corrected chi connectivity index (χ4v) is 0.910. The summed E-state index contributed by atoms with van der Waals surface area (Å²) >= 11 is 0. The van der Waals surface area contributed by atoms with Crippen molar-refractivity contribution >= 4 is 11.0 Å². The molecule has 96 valence electrons. The van der Waals surface area contributed by atoms with Gasteiger partial charge in [0, 0.05) is 12.4 Å². The zero-order chi connectivity index (χ0) is 13.5. The first-order chi connectivity index (χ1) is 8.38. The van der Waals surface area contributed by atoms with Crippen LogP contribution in [0.2, 0.25) is 0 Å². The number of fused-ring (bicyclic) bond motifs is 1. The van der Waals surface area contributed by atoms with E-state index in [1.807, 2.05) is 52.0 Å². The van der Waals surface area contributed by atoms with E-state index in [2.05, 4.69) is 23.8 Å². The smallest absolute Gasteiger partial charge is 0.0886 e. The first-order valence-electron chi connectivity index (χ1n) is 6.54. The summed E-state index contributed by atoms with van der Waals surface area (Å²) in [7, 11) is 0. The summed E-state index contributed by atoms with van der Waals surface area (Å²) in [5.41, 5.74) is 1.90. The van der Waals surface area contributed by atoms with Gasteiger partial charge in [-0.05, 0) is 12.1 Å². The van der Waals surface area contributed by atoms with Crippen LogP contribution >= 0.6 is 0 Å². The molecule has 0 saturated carbocycles. The Morgan fingerprint density at radius 2 is 1.06 bits per heavy atom. The Bertz CT molecular complexity index is 293. The monoisotopic (exact) mass is 234 g/mol. The Kier molecular flexibility index (Phi) is 15.4. The van der Waals surface area contributed by atoms with Crippen LogP contribution in [0.5, 0.6) is 0 Å². The second kappa shape index (κ2) is 14.6. The summed E-state index contributed by atoms with van der Waals surface area (Å²) in [5, 5.41) is 0. The Labute approximate surface area is 106 Å². The molecule has 1 aromatic heterocycles. The van der Waals surface area contributed by atoms with Crippen LogP contribution in [0.15, 0.2) is 36.7 Å². The highest BCUT2D eigenvalue weighted by atomic mass is 14.8. The lowest BCUT2D eigenvalue weighted by atomic mass is 10.3. The van der Waals surface area contributed by atoms with Crippen LogP contribution in [-0.2, 0) is 0 Å². The van der Waals surface area contributed by atoms with E-state index in [1.165, 1.54) is 6.42 Å². The second-order valence-electron chi connectivity index (χ2n) is 2.75. The molecule has 0 bridgehead atoms. The molecule has 2 heteroatoms. The van der Waals surface area contributed by atoms with Gasteiger partial charge in [0.05, 0.1) is 11.0 Å². The van der Waals surface area contributed by atoms with E-state index in [-0.39, 0.29) is 0 Å². The maximum absolute atomic E-state index is 4.12. The molecule has 1 aromatic carbocycles. The summed E-state index contributed by atoms with van der Waals surface area (Å²) in [6, 6.07) is 7.80. The molecule has 0 aliphatic rings. The van der Waals surface area contributed by atoms with Crippen LogP contribution in [0.4, 0.5) is 0 Å². The number of hydrogen-bond acceptors (Lipinski definition) is 2. The fourth-order valence-electron chi connectivity index (χ4n) is 0.910. The molecular formula is C15H26N2. The Morgan fingerprint density at radius 3 is 1.35 bits per heavy atom. The minimum absolute atomic E-state index is 0.949. The van der Waals surface area contributed by atoms with Gasteiger partial charge in [-0.25, -0.2) is 0 Å². The first kappa shape index (κ1) is 17.9. The van der Waals surface area contributed by atoms with Gasteiger partial charge in [-0.3, -0.25) is 9.97 Å². The average molecular weight is 234 g/mol. The molecule has 0 amide bonds. The normalized spacial score (nSPS) is 7.65. The van der Waals surface area contributed by atoms with Crippen LogP contribution in [0.25, 0.3) is 11.0 Å². The first-order valence-corrected chi connectivity index (χ1v) is 6.54. The topological polar surface area (TPSA) is 25.8 Å². The largest absolute Gasteiger partial charge is 0.253 e. The summed E-state index contributed by atoms with van der Waals surface area (Å²) in [6.07, 6.45) is 4.64. The number of benzene rings is 1. The maximum atomic E-state index is 4.12. The van der Waals surface area contributed by atoms with E-state index < -0.39 is 0 Å². The lowest BCUT2D eigenvalue weighted by Gasteiger charge is -1.90. The molecule has 2 nitrogen and oxygen atoms in total. The van der Waals surface area contributed by atoms with Crippen molar-refractivity contribution in [3.05, 3.63) is 36.7 Å². The predicted octanol–water partition coefficient (Wildman–Crippen LogP) is 5.10. The molecule has 0 radical (unpaired) electrons. The van der Waals surface area contributed by atoms with Gasteiger partial charge in [0.1, 0.15) is 0 Å². The highest BCUT2D eigenvalue weighted by Gasteiger charge is 1.88. The molecule has 1 heterocycles. The molecule has 2 aromatic rings. The molecule has 0 fully saturated rings. The Hall–Kier alpha value is -1.44. The molecular weight excluding hydrogens is 208 g/mol. The highest BCUT2D eigenvalue weighted by Crippen LogP contribution is 2.04. The second-order valence-corrected chi connectivity index (χ2v) is 2.75. The van der Waals surface area contributed by atoms with Gasteiger partial charge in [-0.2, -0.15) is 0 Å². The van der Waals surface area contributed by atoms with Crippen molar-refractivity contribution in [1.82, 2.24) is 9.97 Å². The minimum Gasteiger partial charge on any atom is -0.253 e. The number of para-hydroxylation sites is 2. The Morgan fingerprint density at radius 1 is 0.765 bits per heavy atom. The lowest BCUT2D eigenvalue weighted by molar-refractivity contribution is 1.09. The molecule has 17 heavy (non-hydrogen) atoms. The third-order valence-corrected chi connectivity index (χ3v) is 1.38. The molecule has 0 aliphatic heterocycles. The molecule has 0 unspecified atom stereocenters. The lowest BCUT2D eigenvalue weighted by Crippen LogP contribution is -1.78. The third-order valence-electron chi connectivity index (χ3n) is 1.38. The average Bonchev–Trinajstić information content (AvgIpc) is 2.44. The van der Waals surface area contributed by atoms with Crippen molar-refractivity contribution in [3.8, 4) is 0 Å². The van der Waals surface area contributed by atoms with E-state index in [9.17, 15) is 0 Å². The number of hydrogen-bond donors (Lipinski definition) is 0. The highest BCUT2D eigenvalue weighted by molar-refractivity contribution is 5.72. The van der Waals surface area contributed by atoms with Crippen LogP contribution < -0.4 is 0 Å². The van der Waals surface area contributed by atoms with E-state index in [0.29, 0.717) is 0 Å². The zero-order valence-electron chi connectivity index (χ0n) is 12.1. The molecule has 0 atom stereocenters. The van der Waals surface area contributed by atoms with Crippen LogP contribution in [0, 0.1) is 0 Å². The van der Waals surface area contributed by atoms with Crippen molar-refractivity contribution in [3.63, 3.8) is 0 Å². The van der Waals surface area contributed by atoms with Gasteiger partial charge < -0.3 is 0 Å². The third kappa shape index (κ3) is 8.38. The fraction of sp³-hybridized carbons (Fsp3) is 0.467. The number of nitrogens with zero attached hydrogens (tertiary/aromatic N) is 2. The molecule has 0 aliphatic carbocycles. The zero-order valence-corrected chi connectivity index (χ0v) is 12.1. The summed E-state index contributed by atoms with van der Waals surface area (Å²) in [5.74, 6) is 0. The molecule has 0 spiro atoms. The Balaban J connectivity index is 0. The van der Waals surface area contributed by atoms with Crippen molar-refractivity contribution < 1.29 is 0 Å². The van der Waals surface area contributed by atoms with E-state index >= 15 is 0 Å². The van der Waals surface area contributed by atoms with Crippen LogP contribution in [0.1, 0.15) is 48.0 Å². The van der Waals surface area contributed by atoms with Crippen LogP contribution in [-0.4, -0.2) is 9.97 Å². The van der Waals surface area contributed by atoms with Gasteiger partial charge in [0.2, 0.25) is 0 Å². The van der Waals surface area contributed by atoms with Gasteiger partial charge >= 0.3 is 0 Å². The minimum atomic E-state index is 0.949. The maximum Gasteiger partial charge on any atom is 0.0886 e. The molecule has 0 saturated heterocycles. The standard InChI is InChI=1S/C8H6N2.C3H8.2C2H6/c1-2-4-8-7(3-1)9-5-6-10-8;1-3-2;2*1-2/h1-6H;3H2,1-2H3;2*1-2H3. The summed E-state index contributed by atoms with van der Waals surface area (Å²) < 4.78 is 0. The predicted molar refractivity (Wildman–Crippen MR) is 78.2 cm³/mol. The van der Waals surface area contributed by atoms with E-state index in [1.54, 1.807) is 12.4 Å². The van der Waals surface area contributed by atoms with Crippen molar-refractivity contribution in [1.29, 1.82) is 0 Å². The number of aromatic nitrogens is 2. The van der Waals surface area contributed by atoms with Gasteiger partial charge in [0.25, 0.3) is 0 Å². The van der Waals surface area contributed by atoms with Crippen molar-refractivity contribution in [2.75, 3.05) is 0 Å². The van der Waals surface area contributed by atoms with Crippen molar-refractivity contribution in [2.24, 2.45) is 0 Å². The van der Waals surface area contributed by atoms with E-state index in [0.717, 1.165) is 11.0 Å². The quantitative estimate of drug-likeness (QED) is 0.634. The van der Waals surface area contributed by atoms with Crippen molar-refractivity contribution in [2.45, 2.75) is 48.0 Å². The summed E-state index contributed by atoms with van der Waals surface area (Å²) in [4.78, 5) is 8.24. The van der Waals surface area contributed by atoms with Gasteiger partial charge in [-0.15, -0.1) is 0 Å². The molecule has 2 rings (SSSR count). The molecule has 0 N–H and O–H groups in total. The number of rotatable bonds is 0. The van der Waals surface area contributed by atoms with E-state index in [4.69, 9.17) is 0 Å². The van der Waals surface area contributed by atoms with Crippen LogP contribution in [0.3, 0.4) is 0 Å². The van der Waals surface area contributed by atoms with Gasteiger partial charge in [0.15, 0.2) is 0 Å². The SMILES string of the molecule is CC.CC.CCC.c1ccc2nccnc2c1.